The van der Waals surface area contributed by atoms with E-state index in [-0.39, 0.29) is 0 Å². The fourth-order valence-corrected chi connectivity index (χ4v) is 1.77. The molecule has 3 nitrogen and oxygen atoms in total. The van der Waals surface area contributed by atoms with E-state index < -0.39 is 5.54 Å². The van der Waals surface area contributed by atoms with Crippen molar-refractivity contribution in [1.29, 1.82) is 5.26 Å². The third-order valence-corrected chi connectivity index (χ3v) is 2.94. The van der Waals surface area contributed by atoms with Crippen LogP contribution >= 0.6 is 0 Å². The van der Waals surface area contributed by atoms with Crippen LogP contribution < -0.4 is 5.32 Å². The van der Waals surface area contributed by atoms with Crippen LogP contribution in [-0.4, -0.2) is 36.6 Å². The van der Waals surface area contributed by atoms with Gasteiger partial charge in [0.2, 0.25) is 0 Å². The van der Waals surface area contributed by atoms with Crippen LogP contribution in [0, 0.1) is 11.3 Å². The molecule has 1 N–H and O–H groups in total. The molecule has 0 spiro atoms. The SMILES string of the molecule is CCN(CC)C(C)CC(C)(C#N)NC. The Hall–Kier alpha value is -0.590. The van der Waals surface area contributed by atoms with Crippen LogP contribution in [0.15, 0.2) is 0 Å². The van der Waals surface area contributed by atoms with E-state index >= 15 is 0 Å². The predicted octanol–water partition coefficient (Wildman–Crippen LogP) is 1.61. The summed E-state index contributed by atoms with van der Waals surface area (Å²) >= 11 is 0. The Morgan fingerprint density at radius 2 is 1.93 bits per heavy atom. The first-order valence-electron chi connectivity index (χ1n) is 5.37. The zero-order valence-electron chi connectivity index (χ0n) is 10.1. The van der Waals surface area contributed by atoms with Crippen LogP contribution in [0.5, 0.6) is 0 Å². The second kappa shape index (κ2) is 6.00. The van der Waals surface area contributed by atoms with Crippen molar-refractivity contribution in [1.82, 2.24) is 10.2 Å². The minimum Gasteiger partial charge on any atom is -0.303 e. The Morgan fingerprint density at radius 1 is 1.43 bits per heavy atom. The number of nitrogens with one attached hydrogen (secondary N) is 1. The summed E-state index contributed by atoms with van der Waals surface area (Å²) < 4.78 is 0. The normalized spacial score (nSPS) is 17.5. The predicted molar refractivity (Wildman–Crippen MR) is 60.1 cm³/mol. The first-order chi connectivity index (χ1) is 6.52. The van der Waals surface area contributed by atoms with Crippen molar-refractivity contribution in [2.75, 3.05) is 20.1 Å². The van der Waals surface area contributed by atoms with Gasteiger partial charge >= 0.3 is 0 Å². The lowest BCUT2D eigenvalue weighted by Crippen LogP contribution is -2.45. The van der Waals surface area contributed by atoms with Crippen LogP contribution in [0.2, 0.25) is 0 Å². The van der Waals surface area contributed by atoms with Gasteiger partial charge in [-0.1, -0.05) is 13.8 Å². The summed E-state index contributed by atoms with van der Waals surface area (Å²) in [4.78, 5) is 2.37. The average Bonchev–Trinajstić information content (AvgIpc) is 2.19. The molecule has 3 heteroatoms. The highest BCUT2D eigenvalue weighted by atomic mass is 15.1. The molecule has 0 aliphatic carbocycles. The number of hydrogen-bond donors (Lipinski definition) is 1. The molecule has 0 amide bonds. The zero-order valence-corrected chi connectivity index (χ0v) is 10.1. The van der Waals surface area contributed by atoms with Crippen molar-refractivity contribution >= 4 is 0 Å². The van der Waals surface area contributed by atoms with Gasteiger partial charge in [0.15, 0.2) is 0 Å². The highest BCUT2D eigenvalue weighted by molar-refractivity contribution is 5.04. The summed E-state index contributed by atoms with van der Waals surface area (Å²) in [6.45, 7) is 10.5. The molecule has 14 heavy (non-hydrogen) atoms. The quantitative estimate of drug-likeness (QED) is 0.703. The molecule has 0 rings (SSSR count). The van der Waals surface area contributed by atoms with E-state index in [1.54, 1.807) is 0 Å². The number of rotatable bonds is 6. The lowest BCUT2D eigenvalue weighted by atomic mass is 9.95. The number of hydrogen-bond acceptors (Lipinski definition) is 3. The Bertz CT molecular complexity index is 193. The van der Waals surface area contributed by atoms with Gasteiger partial charge in [0.05, 0.1) is 6.07 Å². The second-order valence-corrected chi connectivity index (χ2v) is 3.97. The van der Waals surface area contributed by atoms with Crippen molar-refractivity contribution in [3.63, 3.8) is 0 Å². The maximum Gasteiger partial charge on any atom is 0.105 e. The molecule has 0 aromatic carbocycles. The molecule has 0 aromatic rings. The maximum atomic E-state index is 9.03. The molecule has 82 valence electrons. The molecule has 0 aliphatic heterocycles. The standard InChI is InChI=1S/C11H23N3/c1-6-14(7-2)10(3)8-11(4,9-12)13-5/h10,13H,6-8H2,1-5H3. The van der Waals surface area contributed by atoms with E-state index in [1.807, 2.05) is 14.0 Å². The smallest absolute Gasteiger partial charge is 0.105 e. The Labute approximate surface area is 88.1 Å². The third-order valence-electron chi connectivity index (χ3n) is 2.94. The van der Waals surface area contributed by atoms with Crippen molar-refractivity contribution in [2.24, 2.45) is 0 Å². The van der Waals surface area contributed by atoms with Gasteiger partial charge in [-0.15, -0.1) is 0 Å². The summed E-state index contributed by atoms with van der Waals surface area (Å²) in [5.41, 5.74) is -0.401. The summed E-state index contributed by atoms with van der Waals surface area (Å²) in [6, 6.07) is 2.77. The van der Waals surface area contributed by atoms with Gasteiger partial charge in [-0.25, -0.2) is 0 Å². The van der Waals surface area contributed by atoms with Crippen molar-refractivity contribution in [3.8, 4) is 6.07 Å². The van der Waals surface area contributed by atoms with Crippen molar-refractivity contribution in [2.45, 2.75) is 45.7 Å². The summed E-state index contributed by atoms with van der Waals surface area (Å²) in [5, 5.41) is 12.1. The first kappa shape index (κ1) is 13.4. The van der Waals surface area contributed by atoms with Gasteiger partial charge in [0.25, 0.3) is 0 Å². The van der Waals surface area contributed by atoms with Gasteiger partial charge in [-0.3, -0.25) is 0 Å². The lowest BCUT2D eigenvalue weighted by Gasteiger charge is -2.32. The Morgan fingerprint density at radius 3 is 2.21 bits per heavy atom. The van der Waals surface area contributed by atoms with Crippen LogP contribution in [-0.2, 0) is 0 Å². The first-order valence-corrected chi connectivity index (χ1v) is 5.37. The third kappa shape index (κ3) is 3.65. The topological polar surface area (TPSA) is 39.1 Å². The molecule has 2 atom stereocenters. The van der Waals surface area contributed by atoms with Gasteiger partial charge in [0.1, 0.15) is 5.54 Å². The maximum absolute atomic E-state index is 9.03. The molecule has 0 aromatic heterocycles. The molecule has 2 unspecified atom stereocenters. The summed E-state index contributed by atoms with van der Waals surface area (Å²) in [6.07, 6.45) is 0.863. The number of nitriles is 1. The fraction of sp³-hybridized carbons (Fsp3) is 0.909. The van der Waals surface area contributed by atoms with E-state index in [2.05, 4.69) is 37.1 Å². The monoisotopic (exact) mass is 197 g/mol. The zero-order chi connectivity index (χ0) is 11.2. The van der Waals surface area contributed by atoms with Gasteiger partial charge in [-0.05, 0) is 40.4 Å². The Kier molecular flexibility index (Phi) is 5.75. The molecule has 0 radical (unpaired) electrons. The van der Waals surface area contributed by atoms with Crippen molar-refractivity contribution < 1.29 is 0 Å². The van der Waals surface area contributed by atoms with Crippen molar-refractivity contribution in [3.05, 3.63) is 0 Å². The molecule has 0 saturated heterocycles. The highest BCUT2D eigenvalue weighted by Crippen LogP contribution is 2.14. The second-order valence-electron chi connectivity index (χ2n) is 3.97. The fourth-order valence-electron chi connectivity index (χ4n) is 1.77. The summed E-state index contributed by atoms with van der Waals surface area (Å²) in [5.74, 6) is 0. The van der Waals surface area contributed by atoms with E-state index in [4.69, 9.17) is 5.26 Å². The van der Waals surface area contributed by atoms with E-state index in [1.165, 1.54) is 0 Å². The minimum atomic E-state index is -0.401. The minimum absolute atomic E-state index is 0.401. The van der Waals surface area contributed by atoms with E-state index in [0.717, 1.165) is 19.5 Å². The van der Waals surface area contributed by atoms with E-state index in [9.17, 15) is 0 Å². The van der Waals surface area contributed by atoms with E-state index in [0.29, 0.717) is 6.04 Å². The Balaban J connectivity index is 4.29. The van der Waals surface area contributed by atoms with Crippen LogP contribution in [0.4, 0.5) is 0 Å². The lowest BCUT2D eigenvalue weighted by molar-refractivity contribution is 0.196. The molecular weight excluding hydrogens is 174 g/mol. The average molecular weight is 197 g/mol. The molecule has 0 heterocycles. The molecule has 0 fully saturated rings. The van der Waals surface area contributed by atoms with Gasteiger partial charge in [0, 0.05) is 6.04 Å². The van der Waals surface area contributed by atoms with Crippen LogP contribution in [0.1, 0.15) is 34.1 Å². The summed E-state index contributed by atoms with van der Waals surface area (Å²) in [7, 11) is 1.85. The highest BCUT2D eigenvalue weighted by Gasteiger charge is 2.25. The van der Waals surface area contributed by atoms with Crippen LogP contribution in [0.3, 0.4) is 0 Å². The van der Waals surface area contributed by atoms with Gasteiger partial charge in [-0.2, -0.15) is 5.26 Å². The molecular formula is C11H23N3. The number of nitrogens with zero attached hydrogens (tertiary/aromatic N) is 2. The largest absolute Gasteiger partial charge is 0.303 e. The molecule has 0 saturated carbocycles. The van der Waals surface area contributed by atoms with Crippen LogP contribution in [0.25, 0.3) is 0 Å². The molecule has 0 aliphatic rings. The molecule has 0 bridgehead atoms. The van der Waals surface area contributed by atoms with Gasteiger partial charge < -0.3 is 10.2 Å².